The van der Waals surface area contributed by atoms with Crippen LogP contribution in [0.1, 0.15) is 53.2 Å². The van der Waals surface area contributed by atoms with Crippen LogP contribution in [0.2, 0.25) is 0 Å². The van der Waals surface area contributed by atoms with Crippen molar-refractivity contribution in [1.82, 2.24) is 5.32 Å². The van der Waals surface area contributed by atoms with E-state index < -0.39 is 5.97 Å². The molecule has 0 aliphatic carbocycles. The number of benzene rings is 1. The first-order chi connectivity index (χ1) is 11.9. The molecule has 0 aliphatic rings. The average Bonchev–Trinajstić information content (AvgIpc) is 2.99. The fraction of sp³-hybridized carbons (Fsp3) is 0.400. The fourth-order valence-electron chi connectivity index (χ4n) is 2.56. The van der Waals surface area contributed by atoms with Crippen molar-refractivity contribution in [2.24, 2.45) is 5.92 Å². The third-order valence-corrected chi connectivity index (χ3v) is 4.88. The molecule has 1 aromatic carbocycles. The molecule has 25 heavy (non-hydrogen) atoms. The number of carbonyl (C=O) groups is 2. The Hall–Kier alpha value is -2.14. The predicted molar refractivity (Wildman–Crippen MR) is 101 cm³/mol. The van der Waals surface area contributed by atoms with Crippen LogP contribution < -0.4 is 5.32 Å². The molecule has 2 rings (SSSR count). The van der Waals surface area contributed by atoms with Gasteiger partial charge in [0.2, 0.25) is 0 Å². The van der Waals surface area contributed by atoms with E-state index in [2.05, 4.69) is 31.3 Å². The van der Waals surface area contributed by atoms with Crippen LogP contribution in [-0.2, 0) is 16.0 Å². The van der Waals surface area contributed by atoms with Gasteiger partial charge in [-0.15, -0.1) is 11.3 Å². The maximum Gasteiger partial charge on any atom is 0.349 e. The summed E-state index contributed by atoms with van der Waals surface area (Å²) in [5, 5.41) is 4.69. The molecule has 1 amide bonds. The summed E-state index contributed by atoms with van der Waals surface area (Å²) in [6, 6.07) is 9.97. The number of hydrogen-bond acceptors (Lipinski definition) is 4. The van der Waals surface area contributed by atoms with Gasteiger partial charge in [0.1, 0.15) is 4.88 Å². The molecule has 1 aromatic heterocycles. The average molecular weight is 359 g/mol. The Kier molecular flexibility index (Phi) is 6.76. The van der Waals surface area contributed by atoms with Gasteiger partial charge < -0.3 is 10.1 Å². The Morgan fingerprint density at radius 2 is 1.80 bits per heavy atom. The summed E-state index contributed by atoms with van der Waals surface area (Å²) in [6.45, 7) is 7.87. The Morgan fingerprint density at radius 1 is 1.12 bits per heavy atom. The SMILES string of the molecule is Cc1ccsc1C(=O)OCC(=O)N[C@H](C)c1ccc(CC(C)C)cc1. The summed E-state index contributed by atoms with van der Waals surface area (Å²) in [6.07, 6.45) is 1.04. The maximum atomic E-state index is 12.0. The topological polar surface area (TPSA) is 55.4 Å². The van der Waals surface area contributed by atoms with Crippen molar-refractivity contribution in [1.29, 1.82) is 0 Å². The van der Waals surface area contributed by atoms with Crippen LogP contribution in [0.15, 0.2) is 35.7 Å². The number of nitrogens with one attached hydrogen (secondary N) is 1. The van der Waals surface area contributed by atoms with E-state index >= 15 is 0 Å². The highest BCUT2D eigenvalue weighted by Crippen LogP contribution is 2.17. The van der Waals surface area contributed by atoms with E-state index in [9.17, 15) is 9.59 Å². The molecule has 1 heterocycles. The predicted octanol–water partition coefficient (Wildman–Crippen LogP) is 4.29. The zero-order valence-corrected chi connectivity index (χ0v) is 16.0. The summed E-state index contributed by atoms with van der Waals surface area (Å²) in [7, 11) is 0. The van der Waals surface area contributed by atoms with E-state index in [1.807, 2.05) is 37.4 Å². The molecular weight excluding hydrogens is 334 g/mol. The molecule has 0 saturated carbocycles. The van der Waals surface area contributed by atoms with Gasteiger partial charge in [-0.2, -0.15) is 0 Å². The van der Waals surface area contributed by atoms with E-state index in [1.54, 1.807) is 0 Å². The minimum absolute atomic E-state index is 0.136. The first-order valence-corrected chi connectivity index (χ1v) is 9.34. The van der Waals surface area contributed by atoms with Crippen molar-refractivity contribution in [2.45, 2.75) is 40.2 Å². The van der Waals surface area contributed by atoms with Gasteiger partial charge in [0, 0.05) is 0 Å². The van der Waals surface area contributed by atoms with Crippen LogP contribution in [0, 0.1) is 12.8 Å². The van der Waals surface area contributed by atoms with Gasteiger partial charge in [0.25, 0.3) is 5.91 Å². The largest absolute Gasteiger partial charge is 0.451 e. The lowest BCUT2D eigenvalue weighted by molar-refractivity contribution is -0.124. The molecule has 1 N–H and O–H groups in total. The number of aryl methyl sites for hydroxylation is 1. The summed E-state index contributed by atoms with van der Waals surface area (Å²) in [5.74, 6) is -0.140. The second kappa shape index (κ2) is 8.81. The normalized spacial score (nSPS) is 12.0. The van der Waals surface area contributed by atoms with Gasteiger partial charge in [-0.3, -0.25) is 4.79 Å². The minimum atomic E-state index is -0.451. The van der Waals surface area contributed by atoms with Crippen LogP contribution in [0.4, 0.5) is 0 Å². The monoisotopic (exact) mass is 359 g/mol. The van der Waals surface area contributed by atoms with E-state index in [1.165, 1.54) is 16.9 Å². The Labute approximate surface area is 153 Å². The van der Waals surface area contributed by atoms with Gasteiger partial charge in [0.15, 0.2) is 6.61 Å². The minimum Gasteiger partial charge on any atom is -0.451 e. The molecule has 0 unspecified atom stereocenters. The summed E-state index contributed by atoms with van der Waals surface area (Å²) in [5.41, 5.74) is 3.18. The molecule has 134 valence electrons. The maximum absolute atomic E-state index is 12.0. The van der Waals surface area contributed by atoms with E-state index in [-0.39, 0.29) is 18.6 Å². The zero-order chi connectivity index (χ0) is 18.4. The summed E-state index contributed by atoms with van der Waals surface area (Å²) >= 11 is 1.32. The number of esters is 1. The molecule has 2 aromatic rings. The number of carbonyl (C=O) groups excluding carboxylic acids is 2. The first-order valence-electron chi connectivity index (χ1n) is 8.46. The highest BCUT2D eigenvalue weighted by molar-refractivity contribution is 7.12. The van der Waals surface area contributed by atoms with Crippen LogP contribution in [0.5, 0.6) is 0 Å². The van der Waals surface area contributed by atoms with Crippen molar-refractivity contribution < 1.29 is 14.3 Å². The standard InChI is InChI=1S/C20H25NO3S/c1-13(2)11-16-5-7-17(8-6-16)15(4)21-18(22)12-24-20(23)19-14(3)9-10-25-19/h5-10,13,15H,11-12H2,1-4H3,(H,21,22)/t15-/m1/s1. The van der Waals surface area contributed by atoms with E-state index in [0.717, 1.165) is 17.5 Å². The molecule has 0 saturated heterocycles. The smallest absolute Gasteiger partial charge is 0.349 e. The van der Waals surface area contributed by atoms with Crippen LogP contribution in [0.25, 0.3) is 0 Å². The molecular formula is C20H25NO3S. The highest BCUT2D eigenvalue weighted by Gasteiger charge is 2.15. The summed E-state index contributed by atoms with van der Waals surface area (Å²) in [4.78, 5) is 24.5. The number of hydrogen-bond donors (Lipinski definition) is 1. The fourth-order valence-corrected chi connectivity index (χ4v) is 3.38. The quantitative estimate of drug-likeness (QED) is 0.750. The molecule has 1 atom stereocenters. The molecule has 0 spiro atoms. The molecule has 0 radical (unpaired) electrons. The van der Waals surface area contributed by atoms with Crippen molar-refractivity contribution in [3.05, 3.63) is 57.3 Å². The van der Waals surface area contributed by atoms with Crippen LogP contribution in [-0.4, -0.2) is 18.5 Å². The molecule has 4 nitrogen and oxygen atoms in total. The lowest BCUT2D eigenvalue weighted by Gasteiger charge is -2.15. The number of rotatable bonds is 7. The van der Waals surface area contributed by atoms with Gasteiger partial charge in [0.05, 0.1) is 6.04 Å². The van der Waals surface area contributed by atoms with Crippen LogP contribution >= 0.6 is 11.3 Å². The summed E-state index contributed by atoms with van der Waals surface area (Å²) < 4.78 is 5.09. The van der Waals surface area contributed by atoms with Crippen LogP contribution in [0.3, 0.4) is 0 Å². The Morgan fingerprint density at radius 3 is 2.36 bits per heavy atom. The molecule has 0 fully saturated rings. The molecule has 0 bridgehead atoms. The third-order valence-electron chi connectivity index (χ3n) is 3.88. The number of ether oxygens (including phenoxy) is 1. The van der Waals surface area contributed by atoms with Gasteiger partial charge in [-0.25, -0.2) is 4.79 Å². The number of amides is 1. The van der Waals surface area contributed by atoms with E-state index in [4.69, 9.17) is 4.74 Å². The van der Waals surface area contributed by atoms with Crippen molar-refractivity contribution in [3.63, 3.8) is 0 Å². The highest BCUT2D eigenvalue weighted by atomic mass is 32.1. The Balaban J connectivity index is 1.83. The molecule has 5 heteroatoms. The third kappa shape index (κ3) is 5.71. The lowest BCUT2D eigenvalue weighted by Crippen LogP contribution is -2.31. The Bertz CT molecular complexity index is 719. The second-order valence-corrected chi connectivity index (χ2v) is 7.55. The van der Waals surface area contributed by atoms with Gasteiger partial charge in [-0.05, 0) is 54.3 Å². The van der Waals surface area contributed by atoms with Crippen molar-refractivity contribution in [2.75, 3.05) is 6.61 Å². The first kappa shape index (κ1) is 19.2. The van der Waals surface area contributed by atoms with Crippen molar-refractivity contribution >= 4 is 23.2 Å². The van der Waals surface area contributed by atoms with E-state index in [0.29, 0.717) is 10.8 Å². The van der Waals surface area contributed by atoms with Gasteiger partial charge in [-0.1, -0.05) is 38.1 Å². The van der Waals surface area contributed by atoms with Gasteiger partial charge >= 0.3 is 5.97 Å². The lowest BCUT2D eigenvalue weighted by atomic mass is 10.00. The number of thiophene rings is 1. The van der Waals surface area contributed by atoms with Crippen molar-refractivity contribution in [3.8, 4) is 0 Å². The second-order valence-electron chi connectivity index (χ2n) is 6.64. The zero-order valence-electron chi connectivity index (χ0n) is 15.2. The molecule has 0 aliphatic heterocycles.